The standard InChI is InChI=1S/C13H10FNO3/c14-10-4-1-8(2-5-10)11-6-3-9(7-12(16)17)13(18)15-11/h1-6H,7H2,(H,15,18)(H,16,17). The second-order valence-corrected chi connectivity index (χ2v) is 3.80. The fourth-order valence-electron chi connectivity index (χ4n) is 1.60. The zero-order valence-electron chi connectivity index (χ0n) is 9.31. The molecule has 0 fully saturated rings. The molecule has 0 saturated heterocycles. The van der Waals surface area contributed by atoms with Gasteiger partial charge in [-0.05, 0) is 35.9 Å². The van der Waals surface area contributed by atoms with E-state index in [1.54, 1.807) is 6.07 Å². The molecule has 2 rings (SSSR count). The summed E-state index contributed by atoms with van der Waals surface area (Å²) in [5, 5.41) is 8.61. The van der Waals surface area contributed by atoms with Crippen LogP contribution in [-0.2, 0) is 11.2 Å². The topological polar surface area (TPSA) is 70.2 Å². The van der Waals surface area contributed by atoms with Gasteiger partial charge in [0, 0.05) is 11.3 Å². The predicted molar refractivity (Wildman–Crippen MR) is 63.8 cm³/mol. The third-order valence-electron chi connectivity index (χ3n) is 2.49. The van der Waals surface area contributed by atoms with Crippen LogP contribution in [0, 0.1) is 5.82 Å². The number of rotatable bonds is 3. The molecule has 1 aromatic heterocycles. The third kappa shape index (κ3) is 2.63. The van der Waals surface area contributed by atoms with Crippen molar-refractivity contribution in [3.63, 3.8) is 0 Å². The number of aliphatic carboxylic acids is 1. The highest BCUT2D eigenvalue weighted by molar-refractivity contribution is 5.70. The molecule has 0 unspecified atom stereocenters. The number of halogens is 1. The number of carbonyl (C=O) groups is 1. The van der Waals surface area contributed by atoms with Crippen LogP contribution < -0.4 is 5.56 Å². The van der Waals surface area contributed by atoms with Gasteiger partial charge in [0.05, 0.1) is 6.42 Å². The van der Waals surface area contributed by atoms with Gasteiger partial charge >= 0.3 is 5.97 Å². The molecule has 18 heavy (non-hydrogen) atoms. The van der Waals surface area contributed by atoms with E-state index in [0.29, 0.717) is 11.3 Å². The van der Waals surface area contributed by atoms with Gasteiger partial charge in [0.25, 0.3) is 5.56 Å². The Morgan fingerprint density at radius 3 is 2.39 bits per heavy atom. The maximum Gasteiger partial charge on any atom is 0.308 e. The Bertz CT molecular complexity index is 631. The van der Waals surface area contributed by atoms with E-state index in [1.165, 1.54) is 30.3 Å². The van der Waals surface area contributed by atoms with E-state index in [9.17, 15) is 14.0 Å². The van der Waals surface area contributed by atoms with E-state index in [4.69, 9.17) is 5.11 Å². The van der Waals surface area contributed by atoms with Gasteiger partial charge in [-0.1, -0.05) is 6.07 Å². The van der Waals surface area contributed by atoms with Crippen LogP contribution in [0.25, 0.3) is 11.3 Å². The molecular weight excluding hydrogens is 237 g/mol. The van der Waals surface area contributed by atoms with E-state index >= 15 is 0 Å². The van der Waals surface area contributed by atoms with Crippen molar-refractivity contribution in [3.05, 3.63) is 58.1 Å². The highest BCUT2D eigenvalue weighted by Crippen LogP contribution is 2.16. The van der Waals surface area contributed by atoms with Crippen LogP contribution in [-0.4, -0.2) is 16.1 Å². The second kappa shape index (κ2) is 4.83. The normalized spacial score (nSPS) is 10.3. The average Bonchev–Trinajstić information content (AvgIpc) is 2.32. The molecule has 5 heteroatoms. The number of nitrogens with one attached hydrogen (secondary N) is 1. The van der Waals surface area contributed by atoms with Gasteiger partial charge in [-0.3, -0.25) is 9.59 Å². The van der Waals surface area contributed by atoms with Crippen LogP contribution in [0.3, 0.4) is 0 Å². The highest BCUT2D eigenvalue weighted by Gasteiger charge is 2.06. The zero-order chi connectivity index (χ0) is 13.1. The number of carboxylic acids is 1. The first kappa shape index (κ1) is 12.0. The summed E-state index contributed by atoms with van der Waals surface area (Å²) in [6.45, 7) is 0. The fourth-order valence-corrected chi connectivity index (χ4v) is 1.60. The van der Waals surface area contributed by atoms with E-state index in [0.717, 1.165) is 0 Å². The van der Waals surface area contributed by atoms with Gasteiger partial charge in [-0.25, -0.2) is 4.39 Å². The monoisotopic (exact) mass is 247 g/mol. The first-order valence-corrected chi connectivity index (χ1v) is 5.26. The molecule has 0 bridgehead atoms. The number of aromatic nitrogens is 1. The SMILES string of the molecule is O=C(O)Cc1ccc(-c2ccc(F)cc2)[nH]c1=O. The molecule has 0 saturated carbocycles. The van der Waals surface area contributed by atoms with Gasteiger partial charge in [-0.2, -0.15) is 0 Å². The van der Waals surface area contributed by atoms with Crippen LogP contribution in [0.5, 0.6) is 0 Å². The van der Waals surface area contributed by atoms with Gasteiger partial charge in [0.15, 0.2) is 0 Å². The first-order chi connectivity index (χ1) is 8.56. The van der Waals surface area contributed by atoms with Crippen molar-refractivity contribution in [2.24, 2.45) is 0 Å². The van der Waals surface area contributed by atoms with Gasteiger partial charge in [-0.15, -0.1) is 0 Å². The Kier molecular flexibility index (Phi) is 3.23. The largest absolute Gasteiger partial charge is 0.481 e. The Balaban J connectivity index is 2.37. The van der Waals surface area contributed by atoms with Crippen molar-refractivity contribution in [1.82, 2.24) is 4.98 Å². The van der Waals surface area contributed by atoms with Gasteiger partial charge in [0.1, 0.15) is 5.82 Å². The lowest BCUT2D eigenvalue weighted by atomic mass is 10.1. The maximum atomic E-state index is 12.8. The molecule has 1 aromatic carbocycles. The molecule has 0 aliphatic carbocycles. The molecule has 2 aromatic rings. The molecule has 0 aliphatic heterocycles. The summed E-state index contributed by atoms with van der Waals surface area (Å²) in [5.41, 5.74) is 0.928. The summed E-state index contributed by atoms with van der Waals surface area (Å²) in [6, 6.07) is 8.73. The average molecular weight is 247 g/mol. The minimum Gasteiger partial charge on any atom is -0.481 e. The van der Waals surface area contributed by atoms with Crippen molar-refractivity contribution < 1.29 is 14.3 Å². The fraction of sp³-hybridized carbons (Fsp3) is 0.0769. The molecule has 0 aliphatic rings. The Morgan fingerprint density at radius 1 is 1.17 bits per heavy atom. The number of carboxylic acid groups (broad SMARTS) is 1. The van der Waals surface area contributed by atoms with E-state index in [1.807, 2.05) is 0 Å². The minimum absolute atomic E-state index is 0.188. The summed E-state index contributed by atoms with van der Waals surface area (Å²) in [5.74, 6) is -1.42. The van der Waals surface area contributed by atoms with Crippen LogP contribution in [0.2, 0.25) is 0 Å². The summed E-state index contributed by atoms with van der Waals surface area (Å²) in [4.78, 5) is 24.7. The third-order valence-corrected chi connectivity index (χ3v) is 2.49. The van der Waals surface area contributed by atoms with Crippen LogP contribution in [0.1, 0.15) is 5.56 Å². The smallest absolute Gasteiger partial charge is 0.308 e. The lowest BCUT2D eigenvalue weighted by Crippen LogP contribution is -2.16. The molecule has 0 spiro atoms. The number of hydrogen-bond acceptors (Lipinski definition) is 2. The zero-order valence-corrected chi connectivity index (χ0v) is 9.31. The van der Waals surface area contributed by atoms with Crippen molar-refractivity contribution >= 4 is 5.97 Å². The van der Waals surface area contributed by atoms with Crippen molar-refractivity contribution in [2.75, 3.05) is 0 Å². The summed E-state index contributed by atoms with van der Waals surface area (Å²) < 4.78 is 12.8. The molecular formula is C13H10FNO3. The lowest BCUT2D eigenvalue weighted by molar-refractivity contribution is -0.136. The Morgan fingerprint density at radius 2 is 1.83 bits per heavy atom. The molecule has 92 valence electrons. The number of hydrogen-bond donors (Lipinski definition) is 2. The van der Waals surface area contributed by atoms with Gasteiger partial charge < -0.3 is 10.1 Å². The second-order valence-electron chi connectivity index (χ2n) is 3.80. The lowest BCUT2D eigenvalue weighted by Gasteiger charge is -2.03. The quantitative estimate of drug-likeness (QED) is 0.868. The molecule has 1 heterocycles. The number of H-pyrrole nitrogens is 1. The van der Waals surface area contributed by atoms with Crippen LogP contribution in [0.15, 0.2) is 41.2 Å². The summed E-state index contributed by atoms with van der Waals surface area (Å²) in [6.07, 6.45) is -0.320. The minimum atomic E-state index is -1.06. The van der Waals surface area contributed by atoms with Crippen molar-refractivity contribution in [1.29, 1.82) is 0 Å². The van der Waals surface area contributed by atoms with Crippen LogP contribution in [0.4, 0.5) is 4.39 Å². The number of benzene rings is 1. The first-order valence-electron chi connectivity index (χ1n) is 5.26. The maximum absolute atomic E-state index is 12.8. The Hall–Kier alpha value is -2.43. The van der Waals surface area contributed by atoms with E-state index < -0.39 is 11.5 Å². The van der Waals surface area contributed by atoms with Gasteiger partial charge in [0.2, 0.25) is 0 Å². The highest BCUT2D eigenvalue weighted by atomic mass is 19.1. The molecule has 0 radical (unpaired) electrons. The number of pyridine rings is 1. The van der Waals surface area contributed by atoms with Crippen molar-refractivity contribution in [3.8, 4) is 11.3 Å². The summed E-state index contributed by atoms with van der Waals surface area (Å²) in [7, 11) is 0. The number of aromatic amines is 1. The molecule has 4 nitrogen and oxygen atoms in total. The molecule has 2 N–H and O–H groups in total. The summed E-state index contributed by atoms with van der Waals surface area (Å²) >= 11 is 0. The van der Waals surface area contributed by atoms with Crippen molar-refractivity contribution in [2.45, 2.75) is 6.42 Å². The molecule has 0 amide bonds. The van der Waals surface area contributed by atoms with E-state index in [2.05, 4.69) is 4.98 Å². The molecule has 0 atom stereocenters. The predicted octanol–water partition coefficient (Wildman–Crippen LogP) is 1.81. The van der Waals surface area contributed by atoms with E-state index in [-0.39, 0.29) is 17.8 Å². The van der Waals surface area contributed by atoms with Crippen LogP contribution >= 0.6 is 0 Å². The Labute approximate surface area is 102 Å².